The number of alkyl halides is 3. The topological polar surface area (TPSA) is 42.2 Å². The van der Waals surface area contributed by atoms with Crippen molar-refractivity contribution < 1.29 is 17.7 Å². The lowest BCUT2D eigenvalue weighted by Gasteiger charge is -2.35. The van der Waals surface area contributed by atoms with Gasteiger partial charge in [0.2, 0.25) is 5.89 Å². The summed E-state index contributed by atoms with van der Waals surface area (Å²) in [7, 11) is 0. The number of hydrogen-bond donors (Lipinski definition) is 0. The van der Waals surface area contributed by atoms with E-state index in [0.29, 0.717) is 23.8 Å². The number of hydrogen-bond acceptors (Lipinski definition) is 5. The van der Waals surface area contributed by atoms with Crippen LogP contribution >= 0.6 is 11.8 Å². The summed E-state index contributed by atoms with van der Waals surface area (Å²) in [5.41, 5.74) is 0.0631. The first kappa shape index (κ1) is 16.3. The van der Waals surface area contributed by atoms with Gasteiger partial charge < -0.3 is 4.52 Å². The van der Waals surface area contributed by atoms with Crippen molar-refractivity contribution in [2.45, 2.75) is 25.7 Å². The molecule has 3 rings (SSSR count). The van der Waals surface area contributed by atoms with Gasteiger partial charge in [0.25, 0.3) is 0 Å². The van der Waals surface area contributed by atoms with Crippen LogP contribution in [0.25, 0.3) is 0 Å². The fourth-order valence-electron chi connectivity index (χ4n) is 2.64. The Hall–Kier alpha value is -1.54. The first-order valence-corrected chi connectivity index (χ1v) is 8.37. The normalized spacial score (nSPS) is 19.9. The summed E-state index contributed by atoms with van der Waals surface area (Å²) in [4.78, 5) is 6.29. The summed E-state index contributed by atoms with van der Waals surface area (Å²) >= 11 is 1.74. The molecule has 1 fully saturated rings. The third-order valence-electron chi connectivity index (χ3n) is 3.75. The van der Waals surface area contributed by atoms with Gasteiger partial charge in [-0.3, -0.25) is 4.90 Å². The molecule has 1 aliphatic heterocycles. The molecule has 4 nitrogen and oxygen atoms in total. The van der Waals surface area contributed by atoms with Gasteiger partial charge in [-0.05, 0) is 17.7 Å². The summed E-state index contributed by atoms with van der Waals surface area (Å²) in [5, 5.41) is 3.88. The predicted octanol–water partition coefficient (Wildman–Crippen LogP) is 3.69. The Morgan fingerprint density at radius 3 is 2.91 bits per heavy atom. The highest BCUT2D eigenvalue weighted by Gasteiger charge is 2.32. The molecule has 0 bridgehead atoms. The zero-order valence-electron chi connectivity index (χ0n) is 12.5. The van der Waals surface area contributed by atoms with E-state index in [9.17, 15) is 13.2 Å². The van der Waals surface area contributed by atoms with Crippen LogP contribution in [0, 0.1) is 6.92 Å². The van der Waals surface area contributed by atoms with E-state index in [1.807, 2.05) is 0 Å². The first-order valence-electron chi connectivity index (χ1n) is 7.21. The zero-order chi connectivity index (χ0) is 16.4. The highest BCUT2D eigenvalue weighted by molar-refractivity contribution is 7.99. The van der Waals surface area contributed by atoms with Gasteiger partial charge in [-0.2, -0.15) is 29.9 Å². The standard InChI is InChI=1S/C15H16F3N3OS/c1-10-19-14(20-22-10)8-21-5-6-23-9-13(21)11-3-2-4-12(7-11)15(16,17)18/h2-4,7,13H,5-6,8-9H2,1H3. The number of nitrogens with zero attached hydrogens (tertiary/aromatic N) is 3. The minimum absolute atomic E-state index is 0.0881. The molecule has 1 aromatic heterocycles. The fourth-order valence-corrected chi connectivity index (χ4v) is 3.80. The van der Waals surface area contributed by atoms with Gasteiger partial charge in [0.05, 0.1) is 12.1 Å². The number of thioether (sulfide) groups is 1. The van der Waals surface area contributed by atoms with E-state index < -0.39 is 11.7 Å². The van der Waals surface area contributed by atoms with E-state index >= 15 is 0 Å². The van der Waals surface area contributed by atoms with Crippen LogP contribution in [0.4, 0.5) is 13.2 Å². The van der Waals surface area contributed by atoms with Crippen molar-refractivity contribution in [2.75, 3.05) is 18.1 Å². The molecule has 2 heterocycles. The summed E-state index contributed by atoms with van der Waals surface area (Å²) in [6.07, 6.45) is -4.33. The van der Waals surface area contributed by atoms with Crippen LogP contribution in [-0.4, -0.2) is 33.1 Å². The summed E-state index contributed by atoms with van der Waals surface area (Å²) in [6, 6.07) is 5.47. The minimum Gasteiger partial charge on any atom is -0.340 e. The maximum atomic E-state index is 12.9. The van der Waals surface area contributed by atoms with E-state index in [4.69, 9.17) is 4.52 Å². The molecule has 1 aromatic carbocycles. The number of benzene rings is 1. The highest BCUT2D eigenvalue weighted by Crippen LogP contribution is 2.35. The third-order valence-corrected chi connectivity index (χ3v) is 4.77. The van der Waals surface area contributed by atoms with Gasteiger partial charge in [-0.15, -0.1) is 0 Å². The van der Waals surface area contributed by atoms with Crippen molar-refractivity contribution in [1.82, 2.24) is 15.0 Å². The lowest BCUT2D eigenvalue weighted by molar-refractivity contribution is -0.137. The molecule has 124 valence electrons. The van der Waals surface area contributed by atoms with Crippen LogP contribution in [0.1, 0.15) is 28.9 Å². The molecule has 0 amide bonds. The molecule has 0 N–H and O–H groups in total. The first-order chi connectivity index (χ1) is 10.9. The monoisotopic (exact) mass is 343 g/mol. The second-order valence-corrected chi connectivity index (χ2v) is 6.56. The Bertz CT molecular complexity index is 674. The fraction of sp³-hybridized carbons (Fsp3) is 0.467. The van der Waals surface area contributed by atoms with Crippen LogP contribution in [0.2, 0.25) is 0 Å². The van der Waals surface area contributed by atoms with Gasteiger partial charge in [0.15, 0.2) is 5.82 Å². The van der Waals surface area contributed by atoms with E-state index in [1.165, 1.54) is 12.1 Å². The van der Waals surface area contributed by atoms with Crippen LogP contribution in [0.3, 0.4) is 0 Å². The molecule has 1 atom stereocenters. The Labute approximate surface area is 136 Å². The van der Waals surface area contributed by atoms with Crippen LogP contribution in [0.5, 0.6) is 0 Å². The van der Waals surface area contributed by atoms with Crippen molar-refractivity contribution in [1.29, 1.82) is 0 Å². The molecule has 8 heteroatoms. The molecular formula is C15H16F3N3OS. The molecule has 23 heavy (non-hydrogen) atoms. The van der Waals surface area contributed by atoms with Crippen molar-refractivity contribution in [3.8, 4) is 0 Å². The number of aromatic nitrogens is 2. The van der Waals surface area contributed by atoms with Gasteiger partial charge in [-0.1, -0.05) is 17.3 Å². The van der Waals surface area contributed by atoms with E-state index in [1.54, 1.807) is 24.8 Å². The van der Waals surface area contributed by atoms with E-state index in [0.717, 1.165) is 24.1 Å². The van der Waals surface area contributed by atoms with Crippen molar-refractivity contribution in [3.05, 3.63) is 47.1 Å². The molecular weight excluding hydrogens is 327 g/mol. The zero-order valence-corrected chi connectivity index (χ0v) is 13.3. The molecule has 1 aliphatic rings. The number of halogens is 3. The van der Waals surface area contributed by atoms with Gasteiger partial charge >= 0.3 is 6.18 Å². The summed E-state index contributed by atoms with van der Waals surface area (Å²) < 4.78 is 43.8. The Kier molecular flexibility index (Phi) is 4.63. The number of rotatable bonds is 3. The molecule has 0 spiro atoms. The van der Waals surface area contributed by atoms with Crippen molar-refractivity contribution in [2.24, 2.45) is 0 Å². The minimum atomic E-state index is -4.33. The molecule has 2 aromatic rings. The average molecular weight is 343 g/mol. The van der Waals surface area contributed by atoms with E-state index in [2.05, 4.69) is 15.0 Å². The maximum absolute atomic E-state index is 12.9. The smallest absolute Gasteiger partial charge is 0.340 e. The highest BCUT2D eigenvalue weighted by atomic mass is 32.2. The van der Waals surface area contributed by atoms with Crippen molar-refractivity contribution >= 4 is 11.8 Å². The van der Waals surface area contributed by atoms with Gasteiger partial charge in [-0.25, -0.2) is 0 Å². The average Bonchev–Trinajstić information content (AvgIpc) is 2.92. The summed E-state index contributed by atoms with van der Waals surface area (Å²) in [5.74, 6) is 2.73. The lowest BCUT2D eigenvalue weighted by atomic mass is 10.0. The van der Waals surface area contributed by atoms with Crippen LogP contribution < -0.4 is 0 Å². The Balaban J connectivity index is 1.83. The molecule has 0 saturated carbocycles. The molecule has 1 unspecified atom stereocenters. The summed E-state index contributed by atoms with van der Waals surface area (Å²) in [6.45, 7) is 2.96. The molecule has 0 aliphatic carbocycles. The SMILES string of the molecule is Cc1nc(CN2CCSCC2c2cccc(C(F)(F)F)c2)no1. The second kappa shape index (κ2) is 6.52. The maximum Gasteiger partial charge on any atom is 0.416 e. The van der Waals surface area contributed by atoms with Gasteiger partial charge in [0, 0.05) is 31.0 Å². The quantitative estimate of drug-likeness (QED) is 0.850. The molecule has 0 radical (unpaired) electrons. The second-order valence-electron chi connectivity index (χ2n) is 5.41. The van der Waals surface area contributed by atoms with Crippen LogP contribution in [-0.2, 0) is 12.7 Å². The van der Waals surface area contributed by atoms with Crippen LogP contribution in [0.15, 0.2) is 28.8 Å². The Morgan fingerprint density at radius 1 is 1.39 bits per heavy atom. The predicted molar refractivity (Wildman–Crippen MR) is 81.0 cm³/mol. The van der Waals surface area contributed by atoms with Gasteiger partial charge in [0.1, 0.15) is 0 Å². The van der Waals surface area contributed by atoms with E-state index in [-0.39, 0.29) is 6.04 Å². The lowest BCUT2D eigenvalue weighted by Crippen LogP contribution is -2.36. The Morgan fingerprint density at radius 2 is 2.22 bits per heavy atom. The third kappa shape index (κ3) is 3.87. The van der Waals surface area contributed by atoms with Crippen molar-refractivity contribution in [3.63, 3.8) is 0 Å². The number of aryl methyl sites for hydroxylation is 1. The molecule has 1 saturated heterocycles. The largest absolute Gasteiger partial charge is 0.416 e.